The average molecular weight is 582 g/mol. The van der Waals surface area contributed by atoms with Crippen LogP contribution in [0.5, 0.6) is 5.88 Å². The van der Waals surface area contributed by atoms with Crippen LogP contribution in [0.2, 0.25) is 10.0 Å². The highest BCUT2D eigenvalue weighted by Gasteiger charge is 2.19. The third kappa shape index (κ3) is 6.51. The minimum absolute atomic E-state index is 0.0576. The van der Waals surface area contributed by atoms with E-state index in [9.17, 15) is 14.7 Å². The van der Waals surface area contributed by atoms with Crippen LogP contribution in [0.1, 0.15) is 29.8 Å². The molecule has 11 heteroatoms. The Morgan fingerprint density at radius 2 is 1.70 bits per heavy atom. The van der Waals surface area contributed by atoms with Crippen LogP contribution < -0.4 is 20.9 Å². The smallest absolute Gasteiger partial charge is 0.279 e. The zero-order valence-electron chi connectivity index (χ0n) is 22.5. The number of nitrogens with one attached hydrogen (secondary N) is 2. The van der Waals surface area contributed by atoms with Gasteiger partial charge >= 0.3 is 0 Å². The quantitative estimate of drug-likeness (QED) is 0.256. The number of aliphatic hydroxyl groups is 1. The number of hydrogen-bond acceptors (Lipinski definition) is 7. The topological polar surface area (TPSA) is 118 Å². The summed E-state index contributed by atoms with van der Waals surface area (Å²) >= 11 is 13.6. The SMILES string of the molecule is COc1nc(-c2cccc(-c3cccc(NC(=O)c4ccnn(C)c4=O)c3Cl)c2Cl)ccc1CNCC(C)(C)O. The summed E-state index contributed by atoms with van der Waals surface area (Å²) in [5.41, 5.74) is 2.23. The molecule has 0 aliphatic heterocycles. The molecule has 0 fully saturated rings. The van der Waals surface area contributed by atoms with E-state index in [0.717, 1.165) is 10.2 Å². The van der Waals surface area contributed by atoms with E-state index >= 15 is 0 Å². The highest BCUT2D eigenvalue weighted by molar-refractivity contribution is 6.39. The van der Waals surface area contributed by atoms with E-state index in [1.54, 1.807) is 39.2 Å². The highest BCUT2D eigenvalue weighted by atomic mass is 35.5. The first-order valence-electron chi connectivity index (χ1n) is 12.4. The van der Waals surface area contributed by atoms with Crippen molar-refractivity contribution in [2.45, 2.75) is 26.0 Å². The van der Waals surface area contributed by atoms with Crippen LogP contribution in [0.4, 0.5) is 5.69 Å². The van der Waals surface area contributed by atoms with Crippen molar-refractivity contribution < 1.29 is 14.6 Å². The Balaban J connectivity index is 1.64. The van der Waals surface area contributed by atoms with E-state index in [2.05, 4.69) is 20.7 Å². The molecule has 0 unspecified atom stereocenters. The molecule has 1 amide bonds. The van der Waals surface area contributed by atoms with Crippen molar-refractivity contribution in [2.75, 3.05) is 19.0 Å². The number of rotatable bonds is 9. The molecule has 0 spiro atoms. The van der Waals surface area contributed by atoms with E-state index in [0.29, 0.717) is 52.1 Å². The molecule has 208 valence electrons. The molecule has 0 saturated carbocycles. The number of ether oxygens (including phenoxy) is 1. The van der Waals surface area contributed by atoms with Gasteiger partial charge in [-0.05, 0) is 32.0 Å². The molecule has 9 nitrogen and oxygen atoms in total. The summed E-state index contributed by atoms with van der Waals surface area (Å²) in [6.07, 6.45) is 1.38. The lowest BCUT2D eigenvalue weighted by Gasteiger charge is -2.18. The number of anilines is 1. The Bertz CT molecular complexity index is 1620. The van der Waals surface area contributed by atoms with Crippen molar-refractivity contribution >= 4 is 34.8 Å². The summed E-state index contributed by atoms with van der Waals surface area (Å²) in [7, 11) is 3.01. The molecular formula is C29H29Cl2N5O4. The zero-order valence-corrected chi connectivity index (χ0v) is 24.0. The third-order valence-corrected chi connectivity index (χ3v) is 6.88. The second-order valence-electron chi connectivity index (χ2n) is 9.74. The summed E-state index contributed by atoms with van der Waals surface area (Å²) in [5.74, 6) is -0.164. The number of nitrogens with zero attached hydrogens (tertiary/aromatic N) is 3. The van der Waals surface area contributed by atoms with Crippen LogP contribution in [0, 0.1) is 0 Å². The van der Waals surface area contributed by atoms with Crippen LogP contribution in [-0.2, 0) is 13.6 Å². The molecule has 0 aliphatic rings. The molecule has 0 atom stereocenters. The van der Waals surface area contributed by atoms with Crippen molar-refractivity contribution in [1.29, 1.82) is 0 Å². The number of carbonyl (C=O) groups excluding carboxylic acids is 1. The van der Waals surface area contributed by atoms with Gasteiger partial charge in [0.1, 0.15) is 5.56 Å². The molecule has 0 aliphatic carbocycles. The first kappa shape index (κ1) is 29.2. The molecule has 0 saturated heterocycles. The molecule has 4 rings (SSSR count). The Hall–Kier alpha value is -3.76. The number of aryl methyl sites for hydroxylation is 1. The molecule has 2 aromatic heterocycles. The molecule has 2 heterocycles. The zero-order chi connectivity index (χ0) is 29.0. The molecule has 40 heavy (non-hydrogen) atoms. The fourth-order valence-electron chi connectivity index (χ4n) is 4.08. The summed E-state index contributed by atoms with van der Waals surface area (Å²) in [5, 5.41) is 20.4. The second-order valence-corrected chi connectivity index (χ2v) is 10.5. The number of aromatic nitrogens is 3. The molecule has 0 radical (unpaired) electrons. The fourth-order valence-corrected chi connectivity index (χ4v) is 4.68. The van der Waals surface area contributed by atoms with Crippen LogP contribution in [0.25, 0.3) is 22.4 Å². The van der Waals surface area contributed by atoms with Gasteiger partial charge in [-0.1, -0.05) is 59.6 Å². The van der Waals surface area contributed by atoms with Crippen LogP contribution >= 0.6 is 23.2 Å². The van der Waals surface area contributed by atoms with E-state index < -0.39 is 17.1 Å². The van der Waals surface area contributed by atoms with Crippen LogP contribution in [0.15, 0.2) is 65.6 Å². The average Bonchev–Trinajstić information content (AvgIpc) is 2.91. The third-order valence-electron chi connectivity index (χ3n) is 6.07. The van der Waals surface area contributed by atoms with E-state index in [-0.39, 0.29) is 10.6 Å². The van der Waals surface area contributed by atoms with Gasteiger partial charge in [-0.25, -0.2) is 9.67 Å². The number of amides is 1. The van der Waals surface area contributed by atoms with Gasteiger partial charge in [-0.2, -0.15) is 5.10 Å². The van der Waals surface area contributed by atoms with Gasteiger partial charge in [-0.3, -0.25) is 9.59 Å². The maximum absolute atomic E-state index is 12.8. The van der Waals surface area contributed by atoms with Gasteiger partial charge in [-0.15, -0.1) is 0 Å². The number of benzene rings is 2. The van der Waals surface area contributed by atoms with E-state index in [4.69, 9.17) is 27.9 Å². The van der Waals surface area contributed by atoms with Gasteiger partial charge in [0, 0.05) is 48.6 Å². The first-order chi connectivity index (χ1) is 19.0. The Morgan fingerprint density at radius 1 is 1.02 bits per heavy atom. The molecule has 2 aromatic carbocycles. The van der Waals surface area contributed by atoms with Gasteiger partial charge in [0.2, 0.25) is 5.88 Å². The van der Waals surface area contributed by atoms with Gasteiger partial charge in [0.15, 0.2) is 0 Å². The minimum atomic E-state index is -0.841. The normalized spacial score (nSPS) is 11.4. The maximum Gasteiger partial charge on any atom is 0.279 e. The maximum atomic E-state index is 12.8. The summed E-state index contributed by atoms with van der Waals surface area (Å²) in [6.45, 7) is 4.33. The largest absolute Gasteiger partial charge is 0.481 e. The number of halogens is 2. The first-order valence-corrected chi connectivity index (χ1v) is 13.1. The Kier molecular flexibility index (Phi) is 8.90. The van der Waals surface area contributed by atoms with Crippen LogP contribution in [0.3, 0.4) is 0 Å². The molecule has 0 bridgehead atoms. The van der Waals surface area contributed by atoms with Gasteiger partial charge in [0.05, 0.1) is 34.1 Å². The van der Waals surface area contributed by atoms with E-state index in [1.165, 1.54) is 19.3 Å². The number of hydrogen-bond donors (Lipinski definition) is 3. The predicted molar refractivity (Wildman–Crippen MR) is 157 cm³/mol. The lowest BCUT2D eigenvalue weighted by Crippen LogP contribution is -2.34. The number of methoxy groups -OCH3 is 1. The Morgan fingerprint density at radius 3 is 2.40 bits per heavy atom. The Labute approximate surface area is 241 Å². The number of pyridine rings is 1. The molecular weight excluding hydrogens is 553 g/mol. The van der Waals surface area contributed by atoms with E-state index in [1.807, 2.05) is 30.3 Å². The summed E-state index contributed by atoms with van der Waals surface area (Å²) in [4.78, 5) is 29.8. The lowest BCUT2D eigenvalue weighted by molar-refractivity contribution is 0.0794. The standard InChI is InChI=1S/C29H29Cl2N5O4/c1-29(2,39)16-32-15-17-11-12-22(35-27(17)40-4)20-9-5-7-18(24(20)30)19-8-6-10-23(25(19)31)34-26(37)21-13-14-33-36(3)28(21)38/h5-14,32,39H,15-16H2,1-4H3,(H,34,37). The van der Waals surface area contributed by atoms with Crippen molar-refractivity contribution in [2.24, 2.45) is 7.05 Å². The van der Waals surface area contributed by atoms with Crippen molar-refractivity contribution in [3.63, 3.8) is 0 Å². The molecule has 3 N–H and O–H groups in total. The summed E-state index contributed by atoms with van der Waals surface area (Å²) in [6, 6.07) is 15.8. The van der Waals surface area contributed by atoms with Crippen molar-refractivity contribution in [3.8, 4) is 28.3 Å². The van der Waals surface area contributed by atoms with Crippen LogP contribution in [-0.4, -0.2) is 45.0 Å². The number of carbonyl (C=O) groups is 1. The van der Waals surface area contributed by atoms with Gasteiger partial charge in [0.25, 0.3) is 11.5 Å². The lowest BCUT2D eigenvalue weighted by atomic mass is 10.00. The highest BCUT2D eigenvalue weighted by Crippen LogP contribution is 2.41. The second kappa shape index (κ2) is 12.2. The predicted octanol–water partition coefficient (Wildman–Crippen LogP) is 4.94. The van der Waals surface area contributed by atoms with Gasteiger partial charge < -0.3 is 20.5 Å². The van der Waals surface area contributed by atoms with Crippen molar-refractivity contribution in [1.82, 2.24) is 20.1 Å². The summed E-state index contributed by atoms with van der Waals surface area (Å²) < 4.78 is 6.61. The minimum Gasteiger partial charge on any atom is -0.481 e. The molecule has 4 aromatic rings. The monoisotopic (exact) mass is 581 g/mol. The van der Waals surface area contributed by atoms with Crippen molar-refractivity contribution in [3.05, 3.63) is 92.3 Å². The fraction of sp³-hybridized carbons (Fsp3) is 0.241.